The van der Waals surface area contributed by atoms with Gasteiger partial charge in [0.15, 0.2) is 11.9 Å². The Kier molecular flexibility index (Phi) is 20.5. The van der Waals surface area contributed by atoms with Gasteiger partial charge in [0.2, 0.25) is 0 Å². The molecule has 5 aromatic rings. The number of esters is 2. The second-order valence-electron chi connectivity index (χ2n) is 16.8. The number of pyridine rings is 3. The van der Waals surface area contributed by atoms with E-state index in [0.717, 1.165) is 92.6 Å². The third-order valence-corrected chi connectivity index (χ3v) is 12.2. The lowest BCUT2D eigenvalue weighted by molar-refractivity contribution is -0.147. The highest BCUT2D eigenvalue weighted by Gasteiger charge is 2.35. The van der Waals surface area contributed by atoms with E-state index in [9.17, 15) is 19.2 Å². The van der Waals surface area contributed by atoms with E-state index >= 15 is 0 Å². The molecule has 2 aliphatic heterocycles. The fourth-order valence-electron chi connectivity index (χ4n) is 8.71. The van der Waals surface area contributed by atoms with Gasteiger partial charge in [-0.05, 0) is 124 Å². The van der Waals surface area contributed by atoms with E-state index in [-0.39, 0.29) is 35.6 Å². The maximum atomic E-state index is 12.4. The van der Waals surface area contributed by atoms with E-state index in [0.29, 0.717) is 30.1 Å². The Hall–Kier alpha value is -5.85. The number of aromatic nitrogens is 3. The molecule has 4 atom stereocenters. The second kappa shape index (κ2) is 26.7. The Labute approximate surface area is 379 Å². The van der Waals surface area contributed by atoms with Crippen LogP contribution >= 0.6 is 0 Å². The summed E-state index contributed by atoms with van der Waals surface area (Å²) in [6.07, 6.45) is 17.3. The maximum absolute atomic E-state index is 12.4. The number of nitrogens with zero attached hydrogens (tertiary/aromatic N) is 5. The number of hydrogen-bond donors (Lipinski definition) is 1. The van der Waals surface area contributed by atoms with Gasteiger partial charge in [0.1, 0.15) is 23.7 Å². The summed E-state index contributed by atoms with van der Waals surface area (Å²) in [5, 5.41) is 1.10. The van der Waals surface area contributed by atoms with E-state index in [1.807, 2.05) is 72.8 Å². The summed E-state index contributed by atoms with van der Waals surface area (Å²) in [5.41, 5.74) is 9.72. The van der Waals surface area contributed by atoms with Crippen LogP contribution in [0.15, 0.2) is 109 Å². The fourth-order valence-corrected chi connectivity index (χ4v) is 8.71. The molecule has 0 radical (unpaired) electrons. The molecule has 2 N–H and O–H groups in total. The first-order valence-electron chi connectivity index (χ1n) is 22.8. The van der Waals surface area contributed by atoms with Gasteiger partial charge in [-0.2, -0.15) is 0 Å². The fraction of sp³-hybridized carbons (Fsp3) is 0.442. The van der Waals surface area contributed by atoms with Gasteiger partial charge >= 0.3 is 11.9 Å². The molecule has 5 heterocycles. The normalized spacial score (nSPS) is 17.0. The average Bonchev–Trinajstić information content (AvgIpc) is 4.00. The number of ketones is 1. The van der Waals surface area contributed by atoms with Crippen LogP contribution in [0.3, 0.4) is 0 Å². The van der Waals surface area contributed by atoms with Crippen molar-refractivity contribution in [2.45, 2.75) is 96.1 Å². The molecule has 7 rings (SSSR count). The number of hydrogen-bond acceptors (Lipinski definition) is 12. The number of carbonyl (C=O) groups excluding carboxylic acids is 4. The molecule has 340 valence electrons. The van der Waals surface area contributed by atoms with Crippen molar-refractivity contribution in [3.05, 3.63) is 132 Å². The van der Waals surface area contributed by atoms with Gasteiger partial charge in [0, 0.05) is 43.0 Å². The first kappa shape index (κ1) is 49.2. The molecule has 2 unspecified atom stereocenters. The monoisotopic (exact) mass is 871 g/mol. The topological polar surface area (TPSA) is 158 Å². The molecule has 0 amide bonds. The first-order valence-corrected chi connectivity index (χ1v) is 22.8. The lowest BCUT2D eigenvalue weighted by atomic mass is 9.99. The number of carbonyl (C=O) groups is 4. The highest BCUT2D eigenvalue weighted by Crippen LogP contribution is 2.32. The summed E-state index contributed by atoms with van der Waals surface area (Å²) in [6.45, 7) is 5.46. The molecular weight excluding hydrogens is 805 g/mol. The minimum absolute atomic E-state index is 0.163. The van der Waals surface area contributed by atoms with Crippen LogP contribution in [0.5, 0.6) is 0 Å². The van der Waals surface area contributed by atoms with Gasteiger partial charge in [0.25, 0.3) is 0 Å². The van der Waals surface area contributed by atoms with E-state index in [1.165, 1.54) is 46.3 Å². The van der Waals surface area contributed by atoms with Crippen LogP contribution in [0.25, 0.3) is 11.0 Å². The number of benzene rings is 2. The average molecular weight is 871 g/mol. The SMILES string of the molecule is COC(=O)C(c1ccccc1)N1CC[C@@H](CCCCCC(C)=O)C1.COC(=O)C(c1ccccc1)N1CC[C@@H](CCCCCc2ccc3cccnc3n2)C1.Nc1ncccc1C=O. The second-order valence-corrected chi connectivity index (χ2v) is 16.8. The highest BCUT2D eigenvalue weighted by molar-refractivity contribution is 5.81. The molecule has 0 spiro atoms. The van der Waals surface area contributed by atoms with Crippen molar-refractivity contribution >= 4 is 40.9 Å². The summed E-state index contributed by atoms with van der Waals surface area (Å²) in [6, 6.07) is 30.8. The minimum Gasteiger partial charge on any atom is -0.468 e. The number of aldehydes is 1. The van der Waals surface area contributed by atoms with Gasteiger partial charge in [-0.1, -0.05) is 86.3 Å². The van der Waals surface area contributed by atoms with Crippen molar-refractivity contribution in [3.8, 4) is 0 Å². The van der Waals surface area contributed by atoms with E-state index in [1.54, 1.807) is 31.5 Å². The molecular formula is C52H66N6O6. The molecule has 64 heavy (non-hydrogen) atoms. The van der Waals surface area contributed by atoms with Crippen LogP contribution in [0.1, 0.15) is 117 Å². The quantitative estimate of drug-likeness (QED) is 0.0477. The molecule has 12 heteroatoms. The molecule has 2 aromatic carbocycles. The number of nitrogen functional groups attached to an aromatic ring is 1. The summed E-state index contributed by atoms with van der Waals surface area (Å²) in [4.78, 5) is 63.0. The van der Waals surface area contributed by atoms with E-state index in [2.05, 4.69) is 36.9 Å². The van der Waals surface area contributed by atoms with Crippen LogP contribution in [0.2, 0.25) is 0 Å². The summed E-state index contributed by atoms with van der Waals surface area (Å²) in [7, 11) is 2.94. The zero-order valence-electron chi connectivity index (χ0n) is 37.9. The zero-order chi connectivity index (χ0) is 45.5. The van der Waals surface area contributed by atoms with Crippen molar-refractivity contribution in [3.63, 3.8) is 0 Å². The third-order valence-electron chi connectivity index (χ3n) is 12.2. The van der Waals surface area contributed by atoms with Gasteiger partial charge in [-0.25, -0.2) is 24.5 Å². The van der Waals surface area contributed by atoms with Gasteiger partial charge in [-0.3, -0.25) is 14.6 Å². The minimum atomic E-state index is -0.293. The molecule has 2 saturated heterocycles. The summed E-state index contributed by atoms with van der Waals surface area (Å²) >= 11 is 0. The smallest absolute Gasteiger partial charge is 0.327 e. The number of likely N-dealkylation sites (tertiary alicyclic amines) is 2. The van der Waals surface area contributed by atoms with Crippen molar-refractivity contribution in [1.29, 1.82) is 0 Å². The van der Waals surface area contributed by atoms with Crippen molar-refractivity contribution in [2.75, 3.05) is 46.1 Å². The Balaban J connectivity index is 0.000000206. The number of rotatable bonds is 19. The molecule has 2 aliphatic rings. The largest absolute Gasteiger partial charge is 0.468 e. The molecule has 12 nitrogen and oxygen atoms in total. The first-order chi connectivity index (χ1) is 31.2. The van der Waals surface area contributed by atoms with Crippen molar-refractivity contribution < 1.29 is 28.7 Å². The van der Waals surface area contributed by atoms with E-state index < -0.39 is 0 Å². The number of Topliss-reactive ketones (excluding diaryl/α,β-unsaturated/α-hetero) is 1. The molecule has 0 aliphatic carbocycles. The standard InChI is InChI=1S/C26H31N3O2.C20H29NO3.C6H6N2O/c1-31-26(30)24(21-10-5-3-6-11-21)29-18-16-20(19-29)9-4-2-7-13-23-15-14-22-12-8-17-27-25(22)28-23;1-16(22)9-5-3-6-10-17-13-14-21(15-17)19(20(23)24-2)18-11-7-4-8-12-18;7-6-5(4-9)2-1-3-8-6/h3,5-6,8,10-12,14-15,17,20,24H,2,4,7,9,13,16,18-19H2,1H3;4,7-8,11-12,17,19H,3,5-6,9-10,13-15H2,1-2H3;1-4H,(H2,7,8)/t20-,24?;17-,19?;/m11./s1. The molecule has 3 aromatic heterocycles. The van der Waals surface area contributed by atoms with Crippen LogP contribution in [0.4, 0.5) is 5.82 Å². The predicted molar refractivity (Wildman–Crippen MR) is 251 cm³/mol. The summed E-state index contributed by atoms with van der Waals surface area (Å²) in [5.74, 6) is 1.52. The van der Waals surface area contributed by atoms with Crippen LogP contribution < -0.4 is 5.73 Å². The van der Waals surface area contributed by atoms with Gasteiger partial charge in [0.05, 0.1) is 19.8 Å². The Morgan fingerprint density at radius 1 is 0.688 bits per heavy atom. The number of nitrogens with two attached hydrogens (primary N) is 1. The highest BCUT2D eigenvalue weighted by atomic mass is 16.5. The molecule has 0 saturated carbocycles. The lowest BCUT2D eigenvalue weighted by Gasteiger charge is -2.26. The number of methoxy groups -OCH3 is 2. The van der Waals surface area contributed by atoms with Crippen LogP contribution in [-0.4, -0.2) is 89.2 Å². The number of anilines is 1. The summed E-state index contributed by atoms with van der Waals surface area (Å²) < 4.78 is 10.1. The number of fused-ring (bicyclic) bond motifs is 1. The molecule has 0 bridgehead atoms. The van der Waals surface area contributed by atoms with Crippen molar-refractivity contribution in [2.24, 2.45) is 11.8 Å². The number of unbranched alkanes of at least 4 members (excludes halogenated alkanes) is 4. The van der Waals surface area contributed by atoms with Crippen LogP contribution in [-0.2, 0) is 30.3 Å². The Bertz CT molecular complexity index is 2190. The van der Waals surface area contributed by atoms with Gasteiger partial charge in [-0.15, -0.1) is 0 Å². The number of aryl methyl sites for hydroxylation is 1. The lowest BCUT2D eigenvalue weighted by Crippen LogP contribution is -2.33. The zero-order valence-corrected chi connectivity index (χ0v) is 37.9. The van der Waals surface area contributed by atoms with E-state index in [4.69, 9.17) is 15.2 Å². The predicted octanol–water partition coefficient (Wildman–Crippen LogP) is 9.21. The van der Waals surface area contributed by atoms with Crippen LogP contribution in [0, 0.1) is 11.8 Å². The van der Waals surface area contributed by atoms with Crippen molar-refractivity contribution in [1.82, 2.24) is 24.8 Å². The Morgan fingerprint density at radius 2 is 1.23 bits per heavy atom. The third kappa shape index (κ3) is 15.4. The Morgan fingerprint density at radius 3 is 1.75 bits per heavy atom. The van der Waals surface area contributed by atoms with Gasteiger partial charge < -0.3 is 20.0 Å². The number of ether oxygens (including phenoxy) is 2. The maximum Gasteiger partial charge on any atom is 0.327 e. The molecule has 2 fully saturated rings.